The second-order valence-electron chi connectivity index (χ2n) is 6.13. The molecule has 1 heterocycles. The maximum Gasteiger partial charge on any atom is 0.243 e. The van der Waals surface area contributed by atoms with Gasteiger partial charge in [-0.25, -0.2) is 8.42 Å². The largest absolute Gasteiger partial charge is 0.353 e. The Hall–Kier alpha value is -1.40. The van der Waals surface area contributed by atoms with Gasteiger partial charge in [0.15, 0.2) is 0 Å². The van der Waals surface area contributed by atoms with Gasteiger partial charge in [0.05, 0.1) is 4.90 Å². The Morgan fingerprint density at radius 3 is 2.23 bits per heavy atom. The number of hydrogen-bond donors (Lipinski definition) is 1. The van der Waals surface area contributed by atoms with Gasteiger partial charge in [0.1, 0.15) is 0 Å². The van der Waals surface area contributed by atoms with Gasteiger partial charge in [-0.1, -0.05) is 24.6 Å². The fourth-order valence-corrected chi connectivity index (χ4v) is 4.46. The molecule has 0 bridgehead atoms. The van der Waals surface area contributed by atoms with Crippen LogP contribution in [0.2, 0.25) is 0 Å². The third kappa shape index (κ3) is 3.17. The number of carbonyl (C=O) groups excluding carboxylic acids is 1. The third-order valence-electron chi connectivity index (χ3n) is 4.66. The van der Waals surface area contributed by atoms with Gasteiger partial charge in [-0.15, -0.1) is 0 Å². The van der Waals surface area contributed by atoms with Crippen LogP contribution in [0.5, 0.6) is 0 Å². The van der Waals surface area contributed by atoms with Crippen LogP contribution in [0.3, 0.4) is 0 Å². The molecule has 6 heteroatoms. The first-order valence-corrected chi connectivity index (χ1v) is 9.37. The van der Waals surface area contributed by atoms with Gasteiger partial charge >= 0.3 is 0 Å². The summed E-state index contributed by atoms with van der Waals surface area (Å²) in [5.74, 6) is 0.335. The zero-order chi connectivity index (χ0) is 15.6. The van der Waals surface area contributed by atoms with Crippen molar-refractivity contribution >= 4 is 15.9 Å². The summed E-state index contributed by atoms with van der Waals surface area (Å²) in [5, 5.41) is 3.07. The van der Waals surface area contributed by atoms with Crippen LogP contribution >= 0.6 is 0 Å². The Balaban J connectivity index is 1.56. The first-order valence-electron chi connectivity index (χ1n) is 7.93. The van der Waals surface area contributed by atoms with Crippen molar-refractivity contribution < 1.29 is 13.2 Å². The van der Waals surface area contributed by atoms with E-state index in [0.29, 0.717) is 30.8 Å². The number of nitrogens with one attached hydrogen (secondary N) is 1. The maximum atomic E-state index is 12.5. The highest BCUT2D eigenvalue weighted by Gasteiger charge is 2.32. The summed E-state index contributed by atoms with van der Waals surface area (Å²) in [6.07, 6.45) is 4.50. The van der Waals surface area contributed by atoms with Crippen molar-refractivity contribution in [2.24, 2.45) is 5.92 Å². The molecule has 2 fully saturated rings. The van der Waals surface area contributed by atoms with E-state index in [1.807, 2.05) is 0 Å². The highest BCUT2D eigenvalue weighted by atomic mass is 32.2. The molecule has 0 atom stereocenters. The van der Waals surface area contributed by atoms with E-state index < -0.39 is 10.0 Å². The molecule has 1 aromatic carbocycles. The maximum absolute atomic E-state index is 12.5. The lowest BCUT2D eigenvalue weighted by Crippen LogP contribution is -2.48. The van der Waals surface area contributed by atoms with Gasteiger partial charge in [0.25, 0.3) is 0 Å². The summed E-state index contributed by atoms with van der Waals surface area (Å²) in [6, 6.07) is 8.63. The summed E-state index contributed by atoms with van der Waals surface area (Å²) < 4.78 is 26.6. The van der Waals surface area contributed by atoms with Crippen molar-refractivity contribution in [3.8, 4) is 0 Å². The molecular weight excluding hydrogens is 300 g/mol. The number of nitrogens with zero attached hydrogens (tertiary/aromatic N) is 1. The van der Waals surface area contributed by atoms with E-state index in [9.17, 15) is 13.2 Å². The van der Waals surface area contributed by atoms with Crippen LogP contribution in [-0.2, 0) is 14.8 Å². The van der Waals surface area contributed by atoms with Crippen LogP contribution in [0, 0.1) is 5.92 Å². The Labute approximate surface area is 131 Å². The molecule has 22 heavy (non-hydrogen) atoms. The van der Waals surface area contributed by atoms with Crippen molar-refractivity contribution in [1.82, 2.24) is 9.62 Å². The topological polar surface area (TPSA) is 66.5 Å². The second-order valence-corrected chi connectivity index (χ2v) is 8.07. The molecule has 1 aromatic rings. The molecule has 0 spiro atoms. The predicted molar refractivity (Wildman–Crippen MR) is 83.7 cm³/mol. The van der Waals surface area contributed by atoms with E-state index in [-0.39, 0.29) is 17.9 Å². The molecule has 1 aliphatic heterocycles. The van der Waals surface area contributed by atoms with Crippen LogP contribution in [0.15, 0.2) is 35.2 Å². The summed E-state index contributed by atoms with van der Waals surface area (Å²) in [6.45, 7) is 0.930. The highest BCUT2D eigenvalue weighted by molar-refractivity contribution is 7.89. The van der Waals surface area contributed by atoms with Crippen LogP contribution in [0.25, 0.3) is 0 Å². The van der Waals surface area contributed by atoms with E-state index >= 15 is 0 Å². The monoisotopic (exact) mass is 322 g/mol. The number of benzene rings is 1. The van der Waals surface area contributed by atoms with Gasteiger partial charge in [0, 0.05) is 25.0 Å². The highest BCUT2D eigenvalue weighted by Crippen LogP contribution is 2.27. The molecule has 3 rings (SSSR count). The van der Waals surface area contributed by atoms with Crippen molar-refractivity contribution in [3.05, 3.63) is 30.3 Å². The average molecular weight is 322 g/mol. The van der Waals surface area contributed by atoms with Crippen LogP contribution in [0.4, 0.5) is 0 Å². The second kappa shape index (κ2) is 6.38. The quantitative estimate of drug-likeness (QED) is 0.918. The minimum absolute atomic E-state index is 0.107. The molecule has 0 aromatic heterocycles. The van der Waals surface area contributed by atoms with E-state index in [1.54, 1.807) is 30.3 Å². The summed E-state index contributed by atoms with van der Waals surface area (Å²) in [4.78, 5) is 12.3. The molecule has 120 valence electrons. The van der Waals surface area contributed by atoms with Crippen LogP contribution < -0.4 is 5.32 Å². The first-order chi connectivity index (χ1) is 10.6. The predicted octanol–water partition coefficient (Wildman–Crippen LogP) is 1.76. The summed E-state index contributed by atoms with van der Waals surface area (Å²) >= 11 is 0. The molecule has 1 amide bonds. The Morgan fingerprint density at radius 2 is 1.68 bits per heavy atom. The standard InChI is InChI=1S/C16H22N2O3S/c19-16(13-5-4-6-13)17-14-9-11-18(12-10-14)22(20,21)15-7-2-1-3-8-15/h1-3,7-8,13-14H,4-6,9-12H2,(H,17,19). The number of piperidine rings is 1. The lowest BCUT2D eigenvalue weighted by molar-refractivity contribution is -0.128. The smallest absolute Gasteiger partial charge is 0.243 e. The van der Waals surface area contributed by atoms with Gasteiger partial charge in [0.2, 0.25) is 15.9 Å². The zero-order valence-electron chi connectivity index (χ0n) is 12.6. The Morgan fingerprint density at radius 1 is 1.05 bits per heavy atom. The van der Waals surface area contributed by atoms with E-state index in [0.717, 1.165) is 19.3 Å². The normalized spacial score (nSPS) is 21.3. The number of sulfonamides is 1. The van der Waals surface area contributed by atoms with Crippen LogP contribution in [0.1, 0.15) is 32.1 Å². The van der Waals surface area contributed by atoms with Crippen molar-refractivity contribution in [3.63, 3.8) is 0 Å². The van der Waals surface area contributed by atoms with Gasteiger partial charge in [-0.3, -0.25) is 4.79 Å². The molecule has 1 saturated heterocycles. The van der Waals surface area contributed by atoms with Crippen molar-refractivity contribution in [2.45, 2.75) is 43.0 Å². The number of hydrogen-bond acceptors (Lipinski definition) is 3. The molecular formula is C16H22N2O3S. The molecule has 0 radical (unpaired) electrons. The van der Waals surface area contributed by atoms with E-state index in [4.69, 9.17) is 0 Å². The van der Waals surface area contributed by atoms with Crippen molar-refractivity contribution in [1.29, 1.82) is 0 Å². The molecule has 1 aliphatic carbocycles. The summed E-state index contributed by atoms with van der Waals surface area (Å²) in [5.41, 5.74) is 0. The summed E-state index contributed by atoms with van der Waals surface area (Å²) in [7, 11) is -3.40. The Bertz CT molecular complexity index is 618. The zero-order valence-corrected chi connectivity index (χ0v) is 13.4. The lowest BCUT2D eigenvalue weighted by Gasteiger charge is -2.33. The molecule has 0 unspecified atom stereocenters. The first kappa shape index (κ1) is 15.5. The van der Waals surface area contributed by atoms with Crippen molar-refractivity contribution in [2.75, 3.05) is 13.1 Å². The molecule has 1 saturated carbocycles. The molecule has 2 aliphatic rings. The average Bonchev–Trinajstić information content (AvgIpc) is 2.47. The van der Waals surface area contributed by atoms with Gasteiger partial charge in [-0.05, 0) is 37.8 Å². The van der Waals surface area contributed by atoms with Crippen LogP contribution in [-0.4, -0.2) is 37.8 Å². The fraction of sp³-hybridized carbons (Fsp3) is 0.562. The lowest BCUT2D eigenvalue weighted by atomic mass is 9.84. The van der Waals surface area contributed by atoms with E-state index in [1.165, 1.54) is 4.31 Å². The number of rotatable bonds is 4. The van der Waals surface area contributed by atoms with Gasteiger partial charge < -0.3 is 5.32 Å². The fourth-order valence-electron chi connectivity index (χ4n) is 2.97. The minimum atomic E-state index is -3.40. The third-order valence-corrected chi connectivity index (χ3v) is 6.57. The minimum Gasteiger partial charge on any atom is -0.353 e. The Kier molecular flexibility index (Phi) is 4.49. The molecule has 5 nitrogen and oxygen atoms in total. The number of amides is 1. The van der Waals surface area contributed by atoms with Gasteiger partial charge in [-0.2, -0.15) is 4.31 Å². The number of carbonyl (C=O) groups is 1. The van der Waals surface area contributed by atoms with E-state index in [2.05, 4.69) is 5.32 Å². The SMILES string of the molecule is O=C(NC1CCN(S(=O)(=O)c2ccccc2)CC1)C1CCC1. The molecule has 1 N–H and O–H groups in total.